The van der Waals surface area contributed by atoms with Gasteiger partial charge >= 0.3 is 6.47 Å². The van der Waals surface area contributed by atoms with Gasteiger partial charge in [-0.05, 0) is 12.8 Å². The minimum absolute atomic E-state index is 0.637. The van der Waals surface area contributed by atoms with Gasteiger partial charge < -0.3 is 9.47 Å². The maximum Gasteiger partial charge on any atom is 0.420 e. The molecule has 1 rings (SSSR count). The third-order valence-corrected chi connectivity index (χ3v) is 1.97. The van der Waals surface area contributed by atoms with Crippen molar-refractivity contribution in [3.8, 4) is 0 Å². The van der Waals surface area contributed by atoms with E-state index < -0.39 is 5.79 Å². The molecule has 1 aliphatic carbocycles. The van der Waals surface area contributed by atoms with E-state index in [1.807, 2.05) is 0 Å². The van der Waals surface area contributed by atoms with E-state index in [2.05, 4.69) is 0 Å². The molecule has 1 fully saturated rings. The van der Waals surface area contributed by atoms with Gasteiger partial charge in [-0.15, -0.1) is 0 Å². The first-order valence-corrected chi connectivity index (χ1v) is 3.43. The average Bonchev–Trinajstić information content (AvgIpc) is 2.39. The first-order chi connectivity index (χ1) is 4.83. The highest BCUT2D eigenvalue weighted by molar-refractivity contribution is 5.39. The molecule has 0 atom stereocenters. The molecule has 0 bridgehead atoms. The number of hydrogen-bond acceptors (Lipinski definition) is 3. The maximum absolute atomic E-state index is 9.90. The Morgan fingerprint density at radius 3 is 2.40 bits per heavy atom. The van der Waals surface area contributed by atoms with Gasteiger partial charge in [0, 0.05) is 20.0 Å². The van der Waals surface area contributed by atoms with E-state index in [0.717, 1.165) is 25.7 Å². The van der Waals surface area contributed by atoms with Crippen LogP contribution in [0, 0.1) is 0 Å². The Labute approximate surface area is 60.3 Å². The lowest BCUT2D eigenvalue weighted by molar-refractivity contribution is -0.166. The Morgan fingerprint density at radius 1 is 1.40 bits per heavy atom. The zero-order valence-corrected chi connectivity index (χ0v) is 6.05. The molecule has 0 aliphatic heterocycles. The maximum atomic E-state index is 9.90. The van der Waals surface area contributed by atoms with E-state index in [-0.39, 0.29) is 0 Å². The Kier molecular flexibility index (Phi) is 2.27. The summed E-state index contributed by atoms with van der Waals surface area (Å²) >= 11 is 0. The van der Waals surface area contributed by atoms with Crippen LogP contribution in [0.15, 0.2) is 0 Å². The molecule has 0 aromatic carbocycles. The van der Waals surface area contributed by atoms with E-state index in [4.69, 9.17) is 9.47 Å². The van der Waals surface area contributed by atoms with Crippen molar-refractivity contribution in [2.24, 2.45) is 0 Å². The zero-order valence-electron chi connectivity index (χ0n) is 6.05. The Hall–Kier alpha value is -0.570. The summed E-state index contributed by atoms with van der Waals surface area (Å²) in [6, 6.07) is 0. The molecule has 0 heterocycles. The molecule has 0 amide bonds. The van der Waals surface area contributed by atoms with E-state index in [0.29, 0.717) is 0 Å². The van der Waals surface area contributed by atoms with Crippen LogP contribution in [-0.2, 0) is 14.3 Å². The van der Waals surface area contributed by atoms with Gasteiger partial charge in [-0.2, -0.15) is 0 Å². The molecular weight excluding hydrogens is 132 g/mol. The van der Waals surface area contributed by atoms with Crippen LogP contribution in [0.3, 0.4) is 0 Å². The molecule has 0 unspecified atom stereocenters. The molecular formula is C7H11O3. The summed E-state index contributed by atoms with van der Waals surface area (Å²) in [5.74, 6) is -0.637. The highest BCUT2D eigenvalue weighted by atomic mass is 16.7. The minimum Gasteiger partial charge on any atom is -0.425 e. The molecule has 0 aromatic heterocycles. The standard InChI is InChI=1S/C7H11O3/c1-9-7(10-6-8)4-2-3-5-7/h2-5H2,1H3. The van der Waals surface area contributed by atoms with Crippen LogP contribution in [0.5, 0.6) is 0 Å². The fraction of sp³-hybridized carbons (Fsp3) is 0.857. The SMILES string of the molecule is COC1(O[C]=O)CCCC1. The lowest BCUT2D eigenvalue weighted by atomic mass is 10.2. The van der Waals surface area contributed by atoms with E-state index in [1.54, 1.807) is 7.11 Å². The van der Waals surface area contributed by atoms with Gasteiger partial charge in [0.15, 0.2) is 0 Å². The van der Waals surface area contributed by atoms with E-state index in [9.17, 15) is 4.79 Å². The highest BCUT2D eigenvalue weighted by Gasteiger charge is 2.35. The zero-order chi connectivity index (χ0) is 7.45. The van der Waals surface area contributed by atoms with Gasteiger partial charge in [-0.1, -0.05) is 0 Å². The average molecular weight is 143 g/mol. The first kappa shape index (κ1) is 7.54. The number of hydrogen-bond donors (Lipinski definition) is 0. The predicted molar refractivity (Wildman–Crippen MR) is 35.0 cm³/mol. The van der Waals surface area contributed by atoms with Gasteiger partial charge in [0.25, 0.3) is 0 Å². The third-order valence-electron chi connectivity index (χ3n) is 1.97. The van der Waals surface area contributed by atoms with Crippen LogP contribution in [0.1, 0.15) is 25.7 Å². The largest absolute Gasteiger partial charge is 0.425 e. The molecule has 1 saturated carbocycles. The molecule has 0 N–H and O–H groups in total. The summed E-state index contributed by atoms with van der Waals surface area (Å²) < 4.78 is 9.77. The normalized spacial score (nSPS) is 22.5. The fourth-order valence-corrected chi connectivity index (χ4v) is 1.34. The van der Waals surface area contributed by atoms with Gasteiger partial charge in [-0.3, -0.25) is 0 Å². The van der Waals surface area contributed by atoms with Gasteiger partial charge in [0.05, 0.1) is 0 Å². The van der Waals surface area contributed by atoms with Crippen molar-refractivity contribution in [2.75, 3.05) is 7.11 Å². The third kappa shape index (κ3) is 1.29. The molecule has 3 heteroatoms. The van der Waals surface area contributed by atoms with Crippen LogP contribution in [0.4, 0.5) is 0 Å². The number of methoxy groups -OCH3 is 1. The van der Waals surface area contributed by atoms with Gasteiger partial charge in [0.2, 0.25) is 5.79 Å². The second kappa shape index (κ2) is 3.01. The van der Waals surface area contributed by atoms with Crippen molar-refractivity contribution in [2.45, 2.75) is 31.5 Å². The van der Waals surface area contributed by atoms with Crippen molar-refractivity contribution in [1.82, 2.24) is 0 Å². The van der Waals surface area contributed by atoms with Crippen molar-refractivity contribution >= 4 is 6.47 Å². The van der Waals surface area contributed by atoms with E-state index in [1.165, 1.54) is 6.47 Å². The summed E-state index contributed by atoms with van der Waals surface area (Å²) in [5.41, 5.74) is 0. The summed E-state index contributed by atoms with van der Waals surface area (Å²) in [5, 5.41) is 0. The van der Waals surface area contributed by atoms with Crippen LogP contribution >= 0.6 is 0 Å². The Balaban J connectivity index is 2.48. The molecule has 0 spiro atoms. The molecule has 1 radical (unpaired) electrons. The summed E-state index contributed by atoms with van der Waals surface area (Å²) in [6.45, 7) is 1.43. The van der Waals surface area contributed by atoms with Crippen LogP contribution in [0.2, 0.25) is 0 Å². The highest BCUT2D eigenvalue weighted by Crippen LogP contribution is 2.32. The quantitative estimate of drug-likeness (QED) is 0.552. The number of carbonyl (C=O) groups excluding carboxylic acids is 1. The monoisotopic (exact) mass is 143 g/mol. The first-order valence-electron chi connectivity index (χ1n) is 3.43. The molecule has 3 nitrogen and oxygen atoms in total. The Bertz CT molecular complexity index is 116. The van der Waals surface area contributed by atoms with Crippen molar-refractivity contribution < 1.29 is 14.3 Å². The summed E-state index contributed by atoms with van der Waals surface area (Å²) in [6.07, 6.45) is 3.74. The van der Waals surface area contributed by atoms with Gasteiger partial charge in [0.1, 0.15) is 0 Å². The summed E-state index contributed by atoms with van der Waals surface area (Å²) in [4.78, 5) is 9.90. The fourth-order valence-electron chi connectivity index (χ4n) is 1.34. The summed E-state index contributed by atoms with van der Waals surface area (Å²) in [7, 11) is 1.56. The smallest absolute Gasteiger partial charge is 0.420 e. The van der Waals surface area contributed by atoms with Crippen molar-refractivity contribution in [3.05, 3.63) is 0 Å². The lowest BCUT2D eigenvalue weighted by Crippen LogP contribution is -2.30. The van der Waals surface area contributed by atoms with Crippen LogP contribution in [0.25, 0.3) is 0 Å². The molecule has 57 valence electrons. The minimum atomic E-state index is -0.637. The topological polar surface area (TPSA) is 35.5 Å². The molecule has 10 heavy (non-hydrogen) atoms. The second-order valence-electron chi connectivity index (χ2n) is 2.51. The van der Waals surface area contributed by atoms with Crippen LogP contribution < -0.4 is 0 Å². The number of rotatable bonds is 3. The van der Waals surface area contributed by atoms with E-state index >= 15 is 0 Å². The van der Waals surface area contributed by atoms with Crippen molar-refractivity contribution in [3.63, 3.8) is 0 Å². The Morgan fingerprint density at radius 2 is 2.00 bits per heavy atom. The van der Waals surface area contributed by atoms with Crippen LogP contribution in [-0.4, -0.2) is 19.4 Å². The second-order valence-corrected chi connectivity index (χ2v) is 2.51. The predicted octanol–water partition coefficient (Wildman–Crippen LogP) is 0.987. The number of ether oxygens (including phenoxy) is 2. The van der Waals surface area contributed by atoms with Crippen molar-refractivity contribution in [1.29, 1.82) is 0 Å². The lowest BCUT2D eigenvalue weighted by Gasteiger charge is -2.23. The molecule has 0 saturated heterocycles. The van der Waals surface area contributed by atoms with Gasteiger partial charge in [-0.25, -0.2) is 4.79 Å². The molecule has 0 aromatic rings. The molecule has 1 aliphatic rings.